The van der Waals surface area contributed by atoms with E-state index in [1.165, 1.54) is 5.56 Å². The molecule has 3 nitrogen and oxygen atoms in total. The Kier molecular flexibility index (Phi) is 4.99. The molecule has 0 aliphatic carbocycles. The summed E-state index contributed by atoms with van der Waals surface area (Å²) in [5.41, 5.74) is 6.52. The molecule has 1 amide bonds. The molecule has 0 aromatic heterocycles. The summed E-state index contributed by atoms with van der Waals surface area (Å²) in [5.74, 6) is -0.304. The number of nitrogens with one attached hydrogen (secondary N) is 1. The summed E-state index contributed by atoms with van der Waals surface area (Å²) < 4.78 is 0. The summed E-state index contributed by atoms with van der Waals surface area (Å²) >= 11 is 0. The molecule has 0 spiro atoms. The van der Waals surface area contributed by atoms with Crippen LogP contribution in [0, 0.1) is 5.92 Å². The lowest BCUT2D eigenvalue weighted by molar-refractivity contribution is -0.121. The van der Waals surface area contributed by atoms with Crippen LogP contribution < -0.4 is 11.1 Å². The van der Waals surface area contributed by atoms with Crippen LogP contribution in [0.2, 0.25) is 0 Å². The zero-order valence-corrected chi connectivity index (χ0v) is 9.94. The molecule has 0 heterocycles. The monoisotopic (exact) mass is 220 g/mol. The van der Waals surface area contributed by atoms with Crippen molar-refractivity contribution in [3.63, 3.8) is 0 Å². The SMILES string of the molecule is CCC(CNC(C)c1ccccc1)C(N)=O. The van der Waals surface area contributed by atoms with E-state index in [1.54, 1.807) is 0 Å². The minimum absolute atomic E-state index is 0.0776. The molecule has 0 radical (unpaired) electrons. The van der Waals surface area contributed by atoms with E-state index in [9.17, 15) is 4.79 Å². The molecule has 0 fully saturated rings. The Morgan fingerprint density at radius 1 is 1.38 bits per heavy atom. The lowest BCUT2D eigenvalue weighted by Gasteiger charge is -2.17. The number of benzene rings is 1. The number of rotatable bonds is 6. The van der Waals surface area contributed by atoms with Gasteiger partial charge in [-0.2, -0.15) is 0 Å². The molecule has 2 unspecified atom stereocenters. The van der Waals surface area contributed by atoms with Crippen molar-refractivity contribution in [1.82, 2.24) is 5.32 Å². The van der Waals surface area contributed by atoms with Gasteiger partial charge in [0.2, 0.25) is 5.91 Å². The van der Waals surface area contributed by atoms with Gasteiger partial charge in [-0.1, -0.05) is 37.3 Å². The maximum atomic E-state index is 11.1. The fraction of sp³-hybridized carbons (Fsp3) is 0.462. The van der Waals surface area contributed by atoms with Crippen LogP contribution in [-0.4, -0.2) is 12.5 Å². The summed E-state index contributed by atoms with van der Waals surface area (Å²) in [6.07, 6.45) is 0.782. The Bertz CT molecular complexity index is 324. The van der Waals surface area contributed by atoms with E-state index >= 15 is 0 Å². The van der Waals surface area contributed by atoms with Crippen molar-refractivity contribution in [3.05, 3.63) is 35.9 Å². The Hall–Kier alpha value is -1.35. The van der Waals surface area contributed by atoms with Gasteiger partial charge in [0, 0.05) is 18.5 Å². The molecular formula is C13H20N2O. The van der Waals surface area contributed by atoms with Gasteiger partial charge >= 0.3 is 0 Å². The van der Waals surface area contributed by atoms with Gasteiger partial charge in [0.15, 0.2) is 0 Å². The molecule has 0 bridgehead atoms. The van der Waals surface area contributed by atoms with Crippen LogP contribution in [0.5, 0.6) is 0 Å². The molecule has 0 aliphatic heterocycles. The standard InChI is InChI=1S/C13H20N2O/c1-3-11(13(14)16)9-15-10(2)12-7-5-4-6-8-12/h4-8,10-11,15H,3,9H2,1-2H3,(H2,14,16). The molecule has 1 aromatic carbocycles. The maximum absolute atomic E-state index is 11.1. The summed E-state index contributed by atoms with van der Waals surface area (Å²) in [4.78, 5) is 11.1. The highest BCUT2D eigenvalue weighted by Crippen LogP contribution is 2.12. The van der Waals surface area contributed by atoms with Crippen LogP contribution >= 0.6 is 0 Å². The van der Waals surface area contributed by atoms with E-state index in [1.807, 2.05) is 25.1 Å². The molecule has 0 saturated carbocycles. The zero-order chi connectivity index (χ0) is 12.0. The highest BCUT2D eigenvalue weighted by molar-refractivity contribution is 5.76. The Labute approximate surface area is 97.0 Å². The van der Waals surface area contributed by atoms with Gasteiger partial charge in [-0.3, -0.25) is 4.79 Å². The first-order chi connectivity index (χ1) is 7.65. The van der Waals surface area contributed by atoms with Crippen LogP contribution in [0.1, 0.15) is 31.9 Å². The number of hydrogen-bond donors (Lipinski definition) is 2. The summed E-state index contributed by atoms with van der Waals surface area (Å²) in [6.45, 7) is 4.70. The van der Waals surface area contributed by atoms with Gasteiger partial charge in [-0.05, 0) is 18.9 Å². The molecule has 1 aromatic rings. The van der Waals surface area contributed by atoms with Crippen molar-refractivity contribution in [2.24, 2.45) is 11.7 Å². The van der Waals surface area contributed by atoms with Gasteiger partial charge in [0.1, 0.15) is 0 Å². The summed E-state index contributed by atoms with van der Waals surface area (Å²) in [6, 6.07) is 10.4. The molecule has 1 rings (SSSR count). The van der Waals surface area contributed by atoms with Crippen molar-refractivity contribution < 1.29 is 4.79 Å². The Morgan fingerprint density at radius 2 is 2.00 bits per heavy atom. The number of carbonyl (C=O) groups is 1. The first kappa shape index (κ1) is 12.7. The van der Waals surface area contributed by atoms with Crippen LogP contribution in [0.3, 0.4) is 0 Å². The fourth-order valence-corrected chi connectivity index (χ4v) is 1.62. The molecule has 2 atom stereocenters. The van der Waals surface area contributed by atoms with Crippen LogP contribution in [-0.2, 0) is 4.79 Å². The lowest BCUT2D eigenvalue weighted by atomic mass is 10.0. The van der Waals surface area contributed by atoms with E-state index in [0.717, 1.165) is 6.42 Å². The predicted molar refractivity (Wildman–Crippen MR) is 65.8 cm³/mol. The number of carbonyl (C=O) groups excluding carboxylic acids is 1. The molecular weight excluding hydrogens is 200 g/mol. The van der Waals surface area contributed by atoms with E-state index in [-0.39, 0.29) is 17.9 Å². The molecule has 16 heavy (non-hydrogen) atoms. The number of hydrogen-bond acceptors (Lipinski definition) is 2. The summed E-state index contributed by atoms with van der Waals surface area (Å²) in [5, 5.41) is 3.33. The second-order valence-electron chi connectivity index (χ2n) is 4.05. The van der Waals surface area contributed by atoms with Crippen molar-refractivity contribution in [2.75, 3.05) is 6.54 Å². The topological polar surface area (TPSA) is 55.1 Å². The third-order valence-electron chi connectivity index (χ3n) is 2.87. The highest BCUT2D eigenvalue weighted by Gasteiger charge is 2.14. The van der Waals surface area contributed by atoms with Crippen molar-refractivity contribution >= 4 is 5.91 Å². The highest BCUT2D eigenvalue weighted by atomic mass is 16.1. The van der Waals surface area contributed by atoms with Gasteiger partial charge in [0.25, 0.3) is 0 Å². The van der Waals surface area contributed by atoms with Crippen molar-refractivity contribution in [1.29, 1.82) is 0 Å². The largest absolute Gasteiger partial charge is 0.369 e. The van der Waals surface area contributed by atoms with E-state index < -0.39 is 0 Å². The minimum Gasteiger partial charge on any atom is -0.369 e. The van der Waals surface area contributed by atoms with Gasteiger partial charge in [0.05, 0.1) is 0 Å². The van der Waals surface area contributed by atoms with E-state index in [0.29, 0.717) is 6.54 Å². The third kappa shape index (κ3) is 3.66. The second-order valence-corrected chi connectivity index (χ2v) is 4.05. The molecule has 3 heteroatoms. The first-order valence-corrected chi connectivity index (χ1v) is 5.72. The van der Waals surface area contributed by atoms with E-state index in [2.05, 4.69) is 24.4 Å². The quantitative estimate of drug-likeness (QED) is 0.768. The number of primary amides is 1. The second kappa shape index (κ2) is 6.28. The first-order valence-electron chi connectivity index (χ1n) is 5.72. The third-order valence-corrected chi connectivity index (χ3v) is 2.87. The van der Waals surface area contributed by atoms with Crippen LogP contribution in [0.25, 0.3) is 0 Å². The minimum atomic E-state index is -0.227. The number of nitrogens with two attached hydrogens (primary N) is 1. The number of amides is 1. The van der Waals surface area contributed by atoms with Gasteiger partial charge in [-0.15, -0.1) is 0 Å². The predicted octanol–water partition coefficient (Wildman–Crippen LogP) is 1.85. The maximum Gasteiger partial charge on any atom is 0.221 e. The Morgan fingerprint density at radius 3 is 2.50 bits per heavy atom. The van der Waals surface area contributed by atoms with Crippen LogP contribution in [0.4, 0.5) is 0 Å². The molecule has 88 valence electrons. The average molecular weight is 220 g/mol. The smallest absolute Gasteiger partial charge is 0.221 e. The van der Waals surface area contributed by atoms with Gasteiger partial charge in [-0.25, -0.2) is 0 Å². The van der Waals surface area contributed by atoms with Crippen molar-refractivity contribution in [3.8, 4) is 0 Å². The van der Waals surface area contributed by atoms with Crippen molar-refractivity contribution in [2.45, 2.75) is 26.3 Å². The molecule has 0 saturated heterocycles. The fourth-order valence-electron chi connectivity index (χ4n) is 1.62. The Balaban J connectivity index is 2.46. The molecule has 0 aliphatic rings. The lowest BCUT2D eigenvalue weighted by Crippen LogP contribution is -2.33. The molecule has 3 N–H and O–H groups in total. The van der Waals surface area contributed by atoms with E-state index in [4.69, 9.17) is 5.73 Å². The zero-order valence-electron chi connectivity index (χ0n) is 9.94. The normalized spacial score (nSPS) is 14.4. The summed E-state index contributed by atoms with van der Waals surface area (Å²) in [7, 11) is 0. The van der Waals surface area contributed by atoms with Crippen LogP contribution in [0.15, 0.2) is 30.3 Å². The average Bonchev–Trinajstić information content (AvgIpc) is 2.30. The van der Waals surface area contributed by atoms with Gasteiger partial charge < -0.3 is 11.1 Å².